The molecule has 0 aliphatic carbocycles. The molecule has 94 valence electrons. The molecule has 2 rings (SSSR count). The molecule has 3 N–H and O–H groups in total. The minimum absolute atomic E-state index is 0.169. The second kappa shape index (κ2) is 4.48. The third kappa shape index (κ3) is 2.32. The Morgan fingerprint density at radius 3 is 2.78 bits per heavy atom. The van der Waals surface area contributed by atoms with Crippen LogP contribution in [0.2, 0.25) is 0 Å². The molecule has 0 aromatic heterocycles. The van der Waals surface area contributed by atoms with Gasteiger partial charge in [0, 0.05) is 18.3 Å². The standard InChI is InChI=1S/C12H14N4O2/c1-7-5-8(3-4-9(7)13)11(18)15-12-14-10(17)6-16(12)2/h3-5H,6,13H2,1-2H3,(H,14,15,17,18). The van der Waals surface area contributed by atoms with Gasteiger partial charge in [-0.1, -0.05) is 0 Å². The topological polar surface area (TPSA) is 87.8 Å². The number of guanidine groups is 1. The number of hydrogen-bond donors (Lipinski definition) is 2. The summed E-state index contributed by atoms with van der Waals surface area (Å²) in [7, 11) is 1.69. The number of hydrogen-bond acceptors (Lipinski definition) is 3. The quantitative estimate of drug-likeness (QED) is 0.690. The first-order chi connectivity index (χ1) is 8.47. The van der Waals surface area contributed by atoms with Gasteiger partial charge >= 0.3 is 0 Å². The summed E-state index contributed by atoms with van der Waals surface area (Å²) in [6.07, 6.45) is 0. The van der Waals surface area contributed by atoms with Crippen LogP contribution in [0.3, 0.4) is 0 Å². The van der Waals surface area contributed by atoms with E-state index in [4.69, 9.17) is 5.73 Å². The van der Waals surface area contributed by atoms with E-state index >= 15 is 0 Å². The van der Waals surface area contributed by atoms with Crippen molar-refractivity contribution in [1.29, 1.82) is 0 Å². The number of anilines is 1. The summed E-state index contributed by atoms with van der Waals surface area (Å²) in [5.74, 6) is -0.292. The van der Waals surface area contributed by atoms with Crippen molar-refractivity contribution in [2.24, 2.45) is 4.99 Å². The van der Waals surface area contributed by atoms with Gasteiger partial charge in [0.15, 0.2) is 0 Å². The lowest BCUT2D eigenvalue weighted by molar-refractivity contribution is -0.118. The number of aryl methyl sites for hydroxylation is 1. The molecule has 0 atom stereocenters. The third-order valence-electron chi connectivity index (χ3n) is 2.72. The zero-order valence-corrected chi connectivity index (χ0v) is 10.2. The highest BCUT2D eigenvalue weighted by molar-refractivity contribution is 6.10. The molecule has 1 aromatic rings. The number of benzene rings is 1. The van der Waals surface area contributed by atoms with Gasteiger partial charge in [0.1, 0.15) is 0 Å². The molecular formula is C12H14N4O2. The van der Waals surface area contributed by atoms with Crippen LogP contribution in [-0.4, -0.2) is 36.3 Å². The van der Waals surface area contributed by atoms with Gasteiger partial charge in [-0.25, -0.2) is 0 Å². The summed E-state index contributed by atoms with van der Waals surface area (Å²) in [4.78, 5) is 28.5. The largest absolute Gasteiger partial charge is 0.399 e. The van der Waals surface area contributed by atoms with Crippen molar-refractivity contribution in [3.8, 4) is 0 Å². The smallest absolute Gasteiger partial charge is 0.280 e. The zero-order valence-electron chi connectivity index (χ0n) is 10.2. The van der Waals surface area contributed by atoms with Crippen molar-refractivity contribution < 1.29 is 9.59 Å². The Morgan fingerprint density at radius 2 is 2.22 bits per heavy atom. The number of likely N-dealkylation sites (N-methyl/N-ethyl adjacent to an activating group) is 1. The lowest BCUT2D eigenvalue weighted by atomic mass is 10.1. The van der Waals surface area contributed by atoms with Crippen LogP contribution in [0.15, 0.2) is 23.2 Å². The highest BCUT2D eigenvalue weighted by Gasteiger charge is 2.22. The van der Waals surface area contributed by atoms with Crippen LogP contribution in [0, 0.1) is 6.92 Å². The summed E-state index contributed by atoms with van der Waals surface area (Å²) < 4.78 is 0. The summed E-state index contributed by atoms with van der Waals surface area (Å²) in [6.45, 7) is 2.04. The molecular weight excluding hydrogens is 232 g/mol. The van der Waals surface area contributed by atoms with E-state index in [0.717, 1.165) is 5.56 Å². The molecule has 1 aliphatic heterocycles. The maximum absolute atomic E-state index is 11.9. The van der Waals surface area contributed by atoms with Crippen LogP contribution in [0.4, 0.5) is 5.69 Å². The Labute approximate surface area is 104 Å². The SMILES string of the molecule is Cc1cc(C(=O)N=C2NC(=O)CN2C)ccc1N. The fraction of sp³-hybridized carbons (Fsp3) is 0.250. The first-order valence-electron chi connectivity index (χ1n) is 5.47. The number of carbonyl (C=O) groups is 2. The van der Waals surface area contributed by atoms with Crippen molar-refractivity contribution in [2.45, 2.75) is 6.92 Å². The van der Waals surface area contributed by atoms with Crippen molar-refractivity contribution in [3.63, 3.8) is 0 Å². The molecule has 1 saturated heterocycles. The summed E-state index contributed by atoms with van der Waals surface area (Å²) in [5, 5.41) is 2.52. The fourth-order valence-electron chi connectivity index (χ4n) is 1.63. The van der Waals surface area contributed by atoms with E-state index in [1.54, 1.807) is 30.1 Å². The van der Waals surface area contributed by atoms with Crippen LogP contribution in [0.5, 0.6) is 0 Å². The molecule has 1 aliphatic rings. The summed E-state index contributed by atoms with van der Waals surface area (Å²) in [6, 6.07) is 4.96. The monoisotopic (exact) mass is 246 g/mol. The molecule has 2 amide bonds. The van der Waals surface area contributed by atoms with Crippen LogP contribution in [0.1, 0.15) is 15.9 Å². The third-order valence-corrected chi connectivity index (χ3v) is 2.72. The molecule has 6 heteroatoms. The van der Waals surface area contributed by atoms with Crippen LogP contribution < -0.4 is 11.1 Å². The molecule has 0 unspecified atom stereocenters. The average molecular weight is 246 g/mol. The molecule has 0 spiro atoms. The zero-order chi connectivity index (χ0) is 13.3. The predicted molar refractivity (Wildman–Crippen MR) is 68.1 cm³/mol. The summed E-state index contributed by atoms with van der Waals surface area (Å²) in [5.41, 5.74) is 7.58. The average Bonchev–Trinajstić information content (AvgIpc) is 2.61. The van der Waals surface area contributed by atoms with Crippen LogP contribution in [0.25, 0.3) is 0 Å². The number of amides is 2. The van der Waals surface area contributed by atoms with Gasteiger partial charge in [-0.15, -0.1) is 0 Å². The fourth-order valence-corrected chi connectivity index (χ4v) is 1.63. The Balaban J connectivity index is 2.24. The van der Waals surface area contributed by atoms with E-state index in [-0.39, 0.29) is 18.4 Å². The van der Waals surface area contributed by atoms with Gasteiger partial charge in [0.25, 0.3) is 5.91 Å². The number of nitrogens with zero attached hydrogens (tertiary/aromatic N) is 2. The molecule has 1 aromatic carbocycles. The van der Waals surface area contributed by atoms with Crippen molar-refractivity contribution in [2.75, 3.05) is 19.3 Å². The van der Waals surface area contributed by atoms with E-state index < -0.39 is 5.91 Å². The van der Waals surface area contributed by atoms with Crippen LogP contribution in [-0.2, 0) is 4.79 Å². The highest BCUT2D eigenvalue weighted by Crippen LogP contribution is 2.13. The normalized spacial score (nSPS) is 17.1. The molecule has 0 bridgehead atoms. The minimum Gasteiger partial charge on any atom is -0.399 e. The van der Waals surface area contributed by atoms with Crippen molar-refractivity contribution >= 4 is 23.5 Å². The van der Waals surface area contributed by atoms with E-state index in [1.807, 2.05) is 6.92 Å². The van der Waals surface area contributed by atoms with Gasteiger partial charge in [-0.05, 0) is 30.7 Å². The molecule has 1 heterocycles. The number of carbonyl (C=O) groups excluding carboxylic acids is 2. The molecule has 6 nitrogen and oxygen atoms in total. The minimum atomic E-state index is -0.401. The van der Waals surface area contributed by atoms with Gasteiger partial charge < -0.3 is 10.6 Å². The lowest BCUT2D eigenvalue weighted by Gasteiger charge is -2.08. The summed E-state index contributed by atoms with van der Waals surface area (Å²) >= 11 is 0. The van der Waals surface area contributed by atoms with E-state index in [0.29, 0.717) is 11.3 Å². The molecule has 18 heavy (non-hydrogen) atoms. The molecule has 0 saturated carbocycles. The number of nitrogens with one attached hydrogen (secondary N) is 1. The first-order valence-corrected chi connectivity index (χ1v) is 5.47. The van der Waals surface area contributed by atoms with Crippen molar-refractivity contribution in [3.05, 3.63) is 29.3 Å². The van der Waals surface area contributed by atoms with E-state index in [2.05, 4.69) is 10.3 Å². The number of nitrogens with two attached hydrogens (primary N) is 1. The number of nitrogen functional groups attached to an aromatic ring is 1. The number of rotatable bonds is 1. The second-order valence-electron chi connectivity index (χ2n) is 4.22. The van der Waals surface area contributed by atoms with Gasteiger partial charge in [0.05, 0.1) is 6.54 Å². The number of aliphatic imine (C=N–C) groups is 1. The Bertz CT molecular complexity index is 551. The first kappa shape index (κ1) is 12.1. The molecule has 1 fully saturated rings. The Morgan fingerprint density at radius 1 is 1.50 bits per heavy atom. The molecule has 0 radical (unpaired) electrons. The Kier molecular flexibility index (Phi) is 3.01. The van der Waals surface area contributed by atoms with E-state index in [1.165, 1.54) is 0 Å². The maximum atomic E-state index is 11.9. The van der Waals surface area contributed by atoms with Gasteiger partial charge in [-0.2, -0.15) is 4.99 Å². The van der Waals surface area contributed by atoms with E-state index in [9.17, 15) is 9.59 Å². The van der Waals surface area contributed by atoms with Gasteiger partial charge in [-0.3, -0.25) is 14.9 Å². The van der Waals surface area contributed by atoms with Crippen LogP contribution >= 0.6 is 0 Å². The Hall–Kier alpha value is -2.37. The second-order valence-corrected chi connectivity index (χ2v) is 4.22. The van der Waals surface area contributed by atoms with Gasteiger partial charge in [0.2, 0.25) is 11.9 Å². The highest BCUT2D eigenvalue weighted by atomic mass is 16.2. The predicted octanol–water partition coefficient (Wildman–Crippen LogP) is 0.135. The maximum Gasteiger partial charge on any atom is 0.280 e. The van der Waals surface area contributed by atoms with Crippen molar-refractivity contribution in [1.82, 2.24) is 10.2 Å². The lowest BCUT2D eigenvalue weighted by Crippen LogP contribution is -2.28.